The Hall–Kier alpha value is -1.59. The van der Waals surface area contributed by atoms with Crippen LogP contribution in [-0.2, 0) is 28.6 Å². The predicted octanol–water partition coefficient (Wildman–Crippen LogP) is 20.3. The van der Waals surface area contributed by atoms with Gasteiger partial charge in [-0.2, -0.15) is 0 Å². The normalized spacial score (nSPS) is 11.9. The molecule has 0 aromatic carbocycles. The molecule has 0 aliphatic carbocycles. The van der Waals surface area contributed by atoms with Crippen LogP contribution < -0.4 is 0 Å². The van der Waals surface area contributed by atoms with Gasteiger partial charge < -0.3 is 14.2 Å². The third-order valence-electron chi connectivity index (χ3n) is 14.1. The number of hydrogen-bond donors (Lipinski definition) is 0. The van der Waals surface area contributed by atoms with Crippen molar-refractivity contribution < 1.29 is 28.6 Å². The Morgan fingerprint density at radius 2 is 0.403 bits per heavy atom. The van der Waals surface area contributed by atoms with E-state index in [1.54, 1.807) is 0 Å². The summed E-state index contributed by atoms with van der Waals surface area (Å²) in [5.74, 6) is -0.836. The summed E-state index contributed by atoms with van der Waals surface area (Å²) in [5.41, 5.74) is 0. The topological polar surface area (TPSA) is 78.9 Å². The molecule has 67 heavy (non-hydrogen) atoms. The van der Waals surface area contributed by atoms with E-state index in [0.29, 0.717) is 19.3 Å². The molecule has 0 aliphatic heterocycles. The van der Waals surface area contributed by atoms with Gasteiger partial charge in [0.25, 0.3) is 0 Å². The van der Waals surface area contributed by atoms with Gasteiger partial charge in [-0.25, -0.2) is 0 Å². The predicted molar refractivity (Wildman–Crippen MR) is 289 cm³/mol. The summed E-state index contributed by atoms with van der Waals surface area (Å²) in [6, 6.07) is 0. The highest BCUT2D eigenvalue weighted by Gasteiger charge is 2.19. The van der Waals surface area contributed by atoms with Crippen molar-refractivity contribution in [2.24, 2.45) is 0 Å². The summed E-state index contributed by atoms with van der Waals surface area (Å²) in [5, 5.41) is 0. The summed E-state index contributed by atoms with van der Waals surface area (Å²) in [6.07, 6.45) is 64.1. The molecular formula is C61H118O6. The van der Waals surface area contributed by atoms with Crippen LogP contribution in [0.25, 0.3) is 0 Å². The zero-order valence-electron chi connectivity index (χ0n) is 45.7. The minimum absolute atomic E-state index is 0.0614. The third-order valence-corrected chi connectivity index (χ3v) is 14.1. The Kier molecular flexibility index (Phi) is 55.6. The van der Waals surface area contributed by atoms with Crippen LogP contribution in [0.5, 0.6) is 0 Å². The van der Waals surface area contributed by atoms with Crippen LogP contribution in [0, 0.1) is 0 Å². The molecule has 0 aromatic heterocycles. The highest BCUT2D eigenvalue weighted by molar-refractivity contribution is 5.71. The molecule has 0 saturated carbocycles. The maximum Gasteiger partial charge on any atom is 0.306 e. The molecule has 1 unspecified atom stereocenters. The molecule has 398 valence electrons. The monoisotopic (exact) mass is 947 g/mol. The third kappa shape index (κ3) is 55.2. The van der Waals surface area contributed by atoms with Gasteiger partial charge >= 0.3 is 17.9 Å². The second-order valence-electron chi connectivity index (χ2n) is 21.0. The Bertz CT molecular complexity index is 998. The van der Waals surface area contributed by atoms with Gasteiger partial charge in [0.2, 0.25) is 0 Å². The van der Waals surface area contributed by atoms with Gasteiger partial charge in [-0.05, 0) is 19.3 Å². The first-order valence-electron chi connectivity index (χ1n) is 30.5. The van der Waals surface area contributed by atoms with E-state index in [-0.39, 0.29) is 31.1 Å². The van der Waals surface area contributed by atoms with E-state index in [2.05, 4.69) is 20.8 Å². The van der Waals surface area contributed by atoms with Crippen LogP contribution >= 0.6 is 0 Å². The fourth-order valence-electron chi connectivity index (χ4n) is 9.51. The van der Waals surface area contributed by atoms with Gasteiger partial charge in [0.15, 0.2) is 6.10 Å². The number of hydrogen-bond acceptors (Lipinski definition) is 6. The van der Waals surface area contributed by atoms with Crippen LogP contribution in [0.1, 0.15) is 355 Å². The first-order valence-corrected chi connectivity index (χ1v) is 30.5. The van der Waals surface area contributed by atoms with Crippen LogP contribution in [0.2, 0.25) is 0 Å². The maximum atomic E-state index is 12.8. The Labute approximate surface area is 418 Å². The van der Waals surface area contributed by atoms with Crippen molar-refractivity contribution in [3.8, 4) is 0 Å². The van der Waals surface area contributed by atoms with Crippen molar-refractivity contribution in [2.75, 3.05) is 13.2 Å². The molecule has 0 radical (unpaired) electrons. The number of esters is 3. The SMILES string of the molecule is CCCCCCCCCCCCCCCCCCCCCCCCCC(=O)OCC(COC(=O)CCCCCCCCCC)OC(=O)CCCCCCCCCCCCCCCCCCCC. The second kappa shape index (κ2) is 57.0. The van der Waals surface area contributed by atoms with Crippen molar-refractivity contribution in [2.45, 2.75) is 361 Å². The number of unbranched alkanes of at least 4 members (excludes halogenated alkanes) is 46. The Morgan fingerprint density at radius 1 is 0.239 bits per heavy atom. The van der Waals surface area contributed by atoms with E-state index in [1.165, 1.54) is 257 Å². The molecule has 0 aliphatic rings. The summed E-state index contributed by atoms with van der Waals surface area (Å²) >= 11 is 0. The van der Waals surface area contributed by atoms with Gasteiger partial charge in [0, 0.05) is 19.3 Å². The molecule has 0 aromatic rings. The van der Waals surface area contributed by atoms with Gasteiger partial charge in [-0.3, -0.25) is 14.4 Å². The van der Waals surface area contributed by atoms with Crippen LogP contribution in [-0.4, -0.2) is 37.2 Å². The largest absolute Gasteiger partial charge is 0.462 e. The molecule has 0 amide bonds. The van der Waals surface area contributed by atoms with Crippen LogP contribution in [0.15, 0.2) is 0 Å². The number of carbonyl (C=O) groups is 3. The second-order valence-corrected chi connectivity index (χ2v) is 21.0. The first kappa shape index (κ1) is 65.4. The average molecular weight is 948 g/mol. The molecule has 0 heterocycles. The summed E-state index contributed by atoms with van der Waals surface area (Å²) in [4.78, 5) is 38.0. The van der Waals surface area contributed by atoms with Gasteiger partial charge in [-0.1, -0.05) is 316 Å². The molecule has 0 spiro atoms. The molecule has 0 rings (SSSR count). The van der Waals surface area contributed by atoms with E-state index in [0.717, 1.165) is 57.8 Å². The molecule has 6 heteroatoms. The van der Waals surface area contributed by atoms with Crippen molar-refractivity contribution >= 4 is 17.9 Å². The fourth-order valence-corrected chi connectivity index (χ4v) is 9.51. The van der Waals surface area contributed by atoms with Crippen molar-refractivity contribution in [1.82, 2.24) is 0 Å². The zero-order chi connectivity index (χ0) is 48.6. The first-order chi connectivity index (χ1) is 33.0. The molecule has 0 saturated heterocycles. The lowest BCUT2D eigenvalue weighted by Gasteiger charge is -2.18. The average Bonchev–Trinajstić information content (AvgIpc) is 3.33. The Morgan fingerprint density at radius 3 is 0.597 bits per heavy atom. The summed E-state index contributed by atoms with van der Waals surface area (Å²) in [7, 11) is 0. The lowest BCUT2D eigenvalue weighted by molar-refractivity contribution is -0.167. The van der Waals surface area contributed by atoms with E-state index >= 15 is 0 Å². The highest BCUT2D eigenvalue weighted by Crippen LogP contribution is 2.18. The lowest BCUT2D eigenvalue weighted by Crippen LogP contribution is -2.30. The highest BCUT2D eigenvalue weighted by atomic mass is 16.6. The molecule has 0 fully saturated rings. The quantitative estimate of drug-likeness (QED) is 0.0343. The zero-order valence-corrected chi connectivity index (χ0v) is 45.7. The van der Waals surface area contributed by atoms with Crippen molar-refractivity contribution in [3.63, 3.8) is 0 Å². The van der Waals surface area contributed by atoms with Crippen LogP contribution in [0.3, 0.4) is 0 Å². The van der Waals surface area contributed by atoms with Crippen LogP contribution in [0.4, 0.5) is 0 Å². The fraction of sp³-hybridized carbons (Fsp3) is 0.951. The number of ether oxygens (including phenoxy) is 3. The van der Waals surface area contributed by atoms with E-state index in [9.17, 15) is 14.4 Å². The summed E-state index contributed by atoms with van der Waals surface area (Å²) < 4.78 is 16.9. The molecule has 0 bridgehead atoms. The molecular weight excluding hydrogens is 829 g/mol. The molecule has 1 atom stereocenters. The smallest absolute Gasteiger partial charge is 0.306 e. The van der Waals surface area contributed by atoms with E-state index < -0.39 is 6.10 Å². The maximum absolute atomic E-state index is 12.8. The van der Waals surface area contributed by atoms with Crippen molar-refractivity contribution in [3.05, 3.63) is 0 Å². The van der Waals surface area contributed by atoms with Crippen molar-refractivity contribution in [1.29, 1.82) is 0 Å². The van der Waals surface area contributed by atoms with E-state index in [4.69, 9.17) is 14.2 Å². The number of rotatable bonds is 57. The van der Waals surface area contributed by atoms with Gasteiger partial charge in [0.05, 0.1) is 0 Å². The van der Waals surface area contributed by atoms with E-state index in [1.807, 2.05) is 0 Å². The standard InChI is InChI=1S/C61H118O6/c1-4-7-10-13-16-19-21-23-25-27-29-30-31-32-33-35-36-38-40-42-45-48-51-54-60(63)66-57-58(56-65-59(62)53-50-47-44-18-15-12-9-6-3)67-61(64)55-52-49-46-43-41-39-37-34-28-26-24-22-20-17-14-11-8-5-2/h58H,4-57H2,1-3H3. The molecule has 6 nitrogen and oxygen atoms in total. The van der Waals surface area contributed by atoms with Gasteiger partial charge in [0.1, 0.15) is 13.2 Å². The number of carbonyl (C=O) groups excluding carboxylic acids is 3. The minimum Gasteiger partial charge on any atom is -0.462 e. The Balaban J connectivity index is 4.11. The van der Waals surface area contributed by atoms with Gasteiger partial charge in [-0.15, -0.1) is 0 Å². The minimum atomic E-state index is -0.760. The lowest BCUT2D eigenvalue weighted by atomic mass is 10.0. The molecule has 0 N–H and O–H groups in total. The summed E-state index contributed by atoms with van der Waals surface area (Å²) in [6.45, 7) is 6.69.